The van der Waals surface area contributed by atoms with Crippen molar-refractivity contribution in [1.82, 2.24) is 10.3 Å². The Morgan fingerprint density at radius 3 is 2.86 bits per heavy atom. The molecule has 0 aliphatic heterocycles. The molecule has 1 N–H and O–H groups in total. The number of ether oxygens (including phenoxy) is 1. The van der Waals surface area contributed by atoms with Crippen LogP contribution in [0.3, 0.4) is 0 Å². The monoisotopic (exact) mass is 308 g/mol. The summed E-state index contributed by atoms with van der Waals surface area (Å²) in [4.78, 5) is 4.05. The van der Waals surface area contributed by atoms with Gasteiger partial charge in [0.05, 0.1) is 11.2 Å². The van der Waals surface area contributed by atoms with E-state index in [0.29, 0.717) is 24.0 Å². The molecule has 0 bridgehead atoms. The van der Waals surface area contributed by atoms with Crippen LogP contribution < -0.4 is 10.1 Å². The minimum absolute atomic E-state index is 0.0763. The van der Waals surface area contributed by atoms with Gasteiger partial charge in [-0.25, -0.2) is 4.39 Å². The third kappa shape index (κ3) is 4.69. The maximum atomic E-state index is 13.4. The Hall–Kier alpha value is -1.65. The number of hydrogen-bond acceptors (Lipinski definition) is 3. The van der Waals surface area contributed by atoms with Crippen LogP contribution in [0.1, 0.15) is 19.4 Å². The summed E-state index contributed by atoms with van der Waals surface area (Å²) in [5.41, 5.74) is 0.973. The van der Waals surface area contributed by atoms with E-state index in [0.717, 1.165) is 12.1 Å². The first kappa shape index (κ1) is 15.7. The van der Waals surface area contributed by atoms with E-state index in [1.165, 1.54) is 12.1 Å². The zero-order valence-electron chi connectivity index (χ0n) is 12.1. The Morgan fingerprint density at radius 2 is 2.14 bits per heavy atom. The van der Waals surface area contributed by atoms with Crippen molar-refractivity contribution in [3.8, 4) is 11.5 Å². The number of nitrogens with zero attached hydrogens (tertiary/aromatic N) is 1. The fourth-order valence-electron chi connectivity index (χ4n) is 1.81. The summed E-state index contributed by atoms with van der Waals surface area (Å²) < 4.78 is 19.1. The number of halogens is 2. The van der Waals surface area contributed by atoms with Crippen LogP contribution in [0.5, 0.6) is 11.5 Å². The SMILES string of the molecule is CC(C)CNCc1ccncc1Oc1ccc(Cl)c(F)c1. The number of hydrogen-bond donors (Lipinski definition) is 1. The predicted octanol–water partition coefficient (Wildman–Crippen LogP) is 4.41. The van der Waals surface area contributed by atoms with Crippen molar-refractivity contribution in [2.45, 2.75) is 20.4 Å². The molecule has 0 atom stereocenters. The summed E-state index contributed by atoms with van der Waals surface area (Å²) >= 11 is 5.66. The molecule has 0 aliphatic rings. The highest BCUT2D eigenvalue weighted by molar-refractivity contribution is 6.30. The van der Waals surface area contributed by atoms with Gasteiger partial charge >= 0.3 is 0 Å². The zero-order valence-corrected chi connectivity index (χ0v) is 12.8. The third-order valence-electron chi connectivity index (χ3n) is 2.86. The Balaban J connectivity index is 2.10. The van der Waals surface area contributed by atoms with E-state index in [4.69, 9.17) is 16.3 Å². The molecule has 3 nitrogen and oxygen atoms in total. The van der Waals surface area contributed by atoms with Crippen LogP contribution in [0.4, 0.5) is 4.39 Å². The van der Waals surface area contributed by atoms with Gasteiger partial charge in [0.25, 0.3) is 0 Å². The molecule has 0 saturated carbocycles. The summed E-state index contributed by atoms with van der Waals surface area (Å²) in [7, 11) is 0. The van der Waals surface area contributed by atoms with E-state index < -0.39 is 5.82 Å². The van der Waals surface area contributed by atoms with Crippen LogP contribution in [0.25, 0.3) is 0 Å². The summed E-state index contributed by atoms with van der Waals surface area (Å²) in [5.74, 6) is 1.07. The minimum Gasteiger partial charge on any atom is -0.455 e. The lowest BCUT2D eigenvalue weighted by Crippen LogP contribution is -2.19. The van der Waals surface area contributed by atoms with Crippen molar-refractivity contribution in [3.05, 3.63) is 53.1 Å². The summed E-state index contributed by atoms with van der Waals surface area (Å²) in [6.07, 6.45) is 3.33. The Kier molecular flexibility index (Phi) is 5.53. The fourth-order valence-corrected chi connectivity index (χ4v) is 1.93. The quantitative estimate of drug-likeness (QED) is 0.858. The Labute approximate surface area is 129 Å². The van der Waals surface area contributed by atoms with Gasteiger partial charge in [-0.2, -0.15) is 0 Å². The largest absolute Gasteiger partial charge is 0.455 e. The molecule has 2 rings (SSSR count). The van der Waals surface area contributed by atoms with Crippen molar-refractivity contribution in [2.75, 3.05) is 6.54 Å². The first-order chi connectivity index (χ1) is 10.1. The fraction of sp³-hybridized carbons (Fsp3) is 0.312. The normalized spacial score (nSPS) is 10.9. The van der Waals surface area contributed by atoms with Gasteiger partial charge in [0, 0.05) is 24.4 Å². The van der Waals surface area contributed by atoms with Crippen LogP contribution in [0, 0.1) is 11.7 Å². The second kappa shape index (κ2) is 7.38. The molecule has 0 unspecified atom stereocenters. The molecule has 1 aromatic carbocycles. The lowest BCUT2D eigenvalue weighted by molar-refractivity contribution is 0.462. The molecule has 0 amide bonds. The molecular formula is C16H18ClFN2O. The molecule has 1 aromatic heterocycles. The summed E-state index contributed by atoms with van der Waals surface area (Å²) in [6, 6.07) is 6.25. The molecule has 1 heterocycles. The van der Waals surface area contributed by atoms with Crippen molar-refractivity contribution in [2.24, 2.45) is 5.92 Å². The molecule has 0 saturated heterocycles. The minimum atomic E-state index is -0.502. The molecule has 2 aromatic rings. The van der Waals surface area contributed by atoms with Crippen LogP contribution in [-0.2, 0) is 6.54 Å². The maximum Gasteiger partial charge on any atom is 0.150 e. The maximum absolute atomic E-state index is 13.4. The van der Waals surface area contributed by atoms with Gasteiger partial charge in [-0.05, 0) is 30.7 Å². The average molecular weight is 309 g/mol. The van der Waals surface area contributed by atoms with Gasteiger partial charge < -0.3 is 10.1 Å². The number of nitrogens with one attached hydrogen (secondary N) is 1. The Morgan fingerprint density at radius 1 is 1.33 bits per heavy atom. The first-order valence-electron chi connectivity index (χ1n) is 6.82. The van der Waals surface area contributed by atoms with Gasteiger partial charge in [-0.1, -0.05) is 25.4 Å². The van der Waals surface area contributed by atoms with Crippen LogP contribution in [0.15, 0.2) is 36.7 Å². The van der Waals surface area contributed by atoms with E-state index in [-0.39, 0.29) is 5.02 Å². The number of rotatable bonds is 6. The second-order valence-electron chi connectivity index (χ2n) is 5.19. The Bertz CT molecular complexity index is 605. The van der Waals surface area contributed by atoms with Crippen LogP contribution in [-0.4, -0.2) is 11.5 Å². The average Bonchev–Trinajstić information content (AvgIpc) is 2.44. The van der Waals surface area contributed by atoms with Gasteiger partial charge in [-0.3, -0.25) is 4.98 Å². The van der Waals surface area contributed by atoms with Crippen molar-refractivity contribution in [1.29, 1.82) is 0 Å². The number of pyridine rings is 1. The van der Waals surface area contributed by atoms with Gasteiger partial charge in [0.1, 0.15) is 17.3 Å². The second-order valence-corrected chi connectivity index (χ2v) is 5.59. The van der Waals surface area contributed by atoms with Crippen LogP contribution in [0.2, 0.25) is 5.02 Å². The molecular weight excluding hydrogens is 291 g/mol. The van der Waals surface area contributed by atoms with Crippen LogP contribution >= 0.6 is 11.6 Å². The smallest absolute Gasteiger partial charge is 0.150 e. The van der Waals surface area contributed by atoms with Crippen molar-refractivity contribution < 1.29 is 9.13 Å². The zero-order chi connectivity index (χ0) is 15.2. The van der Waals surface area contributed by atoms with E-state index >= 15 is 0 Å². The van der Waals surface area contributed by atoms with Gasteiger partial charge in [0.2, 0.25) is 0 Å². The standard InChI is InChI=1S/C16H18ClFN2O/c1-11(2)8-20-9-12-5-6-19-10-16(12)21-13-3-4-14(17)15(18)7-13/h3-7,10-11,20H,8-9H2,1-2H3. The molecule has 21 heavy (non-hydrogen) atoms. The molecule has 0 fully saturated rings. The van der Waals surface area contributed by atoms with E-state index in [9.17, 15) is 4.39 Å². The van der Waals surface area contributed by atoms with E-state index in [1.807, 2.05) is 6.07 Å². The number of aromatic nitrogens is 1. The van der Waals surface area contributed by atoms with E-state index in [2.05, 4.69) is 24.1 Å². The lowest BCUT2D eigenvalue weighted by atomic mass is 10.2. The highest BCUT2D eigenvalue weighted by atomic mass is 35.5. The molecule has 112 valence electrons. The number of benzene rings is 1. The molecule has 0 spiro atoms. The highest BCUT2D eigenvalue weighted by Crippen LogP contribution is 2.27. The van der Waals surface area contributed by atoms with Gasteiger partial charge in [0.15, 0.2) is 0 Å². The summed E-state index contributed by atoms with van der Waals surface area (Å²) in [6.45, 7) is 5.88. The molecule has 5 heteroatoms. The molecule has 0 radical (unpaired) electrons. The summed E-state index contributed by atoms with van der Waals surface area (Å²) in [5, 5.41) is 3.42. The first-order valence-corrected chi connectivity index (χ1v) is 7.20. The highest BCUT2D eigenvalue weighted by Gasteiger charge is 2.07. The molecule has 0 aliphatic carbocycles. The van der Waals surface area contributed by atoms with Crippen molar-refractivity contribution in [3.63, 3.8) is 0 Å². The van der Waals surface area contributed by atoms with Crippen molar-refractivity contribution >= 4 is 11.6 Å². The predicted molar refractivity (Wildman–Crippen MR) is 82.3 cm³/mol. The topological polar surface area (TPSA) is 34.2 Å². The lowest BCUT2D eigenvalue weighted by Gasteiger charge is -2.12. The third-order valence-corrected chi connectivity index (χ3v) is 3.16. The van der Waals surface area contributed by atoms with E-state index in [1.54, 1.807) is 18.5 Å². The van der Waals surface area contributed by atoms with Gasteiger partial charge in [-0.15, -0.1) is 0 Å².